The van der Waals surface area contributed by atoms with E-state index in [1.165, 1.54) is 0 Å². The molecule has 1 fully saturated rings. The van der Waals surface area contributed by atoms with Gasteiger partial charge in [0.2, 0.25) is 5.91 Å². The second-order valence-electron chi connectivity index (χ2n) is 2.96. The van der Waals surface area contributed by atoms with Gasteiger partial charge in [-0.25, -0.2) is 9.59 Å². The van der Waals surface area contributed by atoms with Gasteiger partial charge in [0.1, 0.15) is 0 Å². The highest BCUT2D eigenvalue weighted by molar-refractivity contribution is 6.03. The van der Waals surface area contributed by atoms with Crippen LogP contribution in [0, 0.1) is 0 Å². The lowest BCUT2D eigenvalue weighted by Gasteiger charge is -2.12. The van der Waals surface area contributed by atoms with E-state index < -0.39 is 12.0 Å². The normalized spacial score (nSPS) is 15.1. The fourth-order valence-corrected chi connectivity index (χ4v) is 1.10. The Morgan fingerprint density at radius 2 is 2.27 bits per heavy atom. The minimum atomic E-state index is -0.593. The van der Waals surface area contributed by atoms with Crippen LogP contribution in [0.4, 0.5) is 4.79 Å². The topological polar surface area (TPSA) is 75.7 Å². The predicted octanol–water partition coefficient (Wildman–Crippen LogP) is -0.343. The van der Waals surface area contributed by atoms with Crippen molar-refractivity contribution in [2.75, 3.05) is 19.7 Å². The van der Waals surface area contributed by atoms with E-state index >= 15 is 0 Å². The SMILES string of the molecule is C=C(CN1C(=O)CNC1=O)C(=O)OCC. The van der Waals surface area contributed by atoms with Crippen molar-refractivity contribution >= 4 is 17.9 Å². The summed E-state index contributed by atoms with van der Waals surface area (Å²) in [6.07, 6.45) is 0. The molecule has 1 rings (SSSR count). The van der Waals surface area contributed by atoms with Gasteiger partial charge in [0, 0.05) is 5.57 Å². The first-order valence-corrected chi connectivity index (χ1v) is 4.49. The molecule has 0 unspecified atom stereocenters. The second kappa shape index (κ2) is 4.59. The molecule has 0 radical (unpaired) electrons. The van der Waals surface area contributed by atoms with Crippen molar-refractivity contribution in [3.8, 4) is 0 Å². The number of hydrogen-bond acceptors (Lipinski definition) is 4. The van der Waals surface area contributed by atoms with Crippen LogP contribution in [0.3, 0.4) is 0 Å². The van der Waals surface area contributed by atoms with Gasteiger partial charge in [0.25, 0.3) is 0 Å². The minimum Gasteiger partial charge on any atom is -0.463 e. The van der Waals surface area contributed by atoms with Crippen molar-refractivity contribution in [2.45, 2.75) is 6.92 Å². The molecular formula is C9H12N2O4. The summed E-state index contributed by atoms with van der Waals surface area (Å²) in [5, 5.41) is 2.34. The van der Waals surface area contributed by atoms with Crippen molar-refractivity contribution in [1.82, 2.24) is 10.2 Å². The van der Waals surface area contributed by atoms with Crippen LogP contribution in [0.15, 0.2) is 12.2 Å². The molecule has 15 heavy (non-hydrogen) atoms. The zero-order chi connectivity index (χ0) is 11.4. The van der Waals surface area contributed by atoms with Crippen molar-refractivity contribution in [3.63, 3.8) is 0 Å². The van der Waals surface area contributed by atoms with Crippen LogP contribution in [0.1, 0.15) is 6.92 Å². The molecule has 0 aromatic heterocycles. The Morgan fingerprint density at radius 3 is 2.73 bits per heavy atom. The van der Waals surface area contributed by atoms with Crippen LogP contribution in [-0.2, 0) is 14.3 Å². The van der Waals surface area contributed by atoms with E-state index in [0.29, 0.717) is 0 Å². The molecule has 0 spiro atoms. The summed E-state index contributed by atoms with van der Waals surface area (Å²) in [4.78, 5) is 34.3. The summed E-state index contributed by atoms with van der Waals surface area (Å²) in [6, 6.07) is -0.509. The Hall–Kier alpha value is -1.85. The third-order valence-electron chi connectivity index (χ3n) is 1.85. The van der Waals surface area contributed by atoms with Gasteiger partial charge in [-0.2, -0.15) is 0 Å². The number of carbonyl (C=O) groups is 3. The first-order chi connectivity index (χ1) is 7.06. The Labute approximate surface area is 86.9 Å². The van der Waals surface area contributed by atoms with Gasteiger partial charge in [-0.1, -0.05) is 6.58 Å². The average molecular weight is 212 g/mol. The van der Waals surface area contributed by atoms with Gasteiger partial charge in [-0.05, 0) is 6.92 Å². The number of ether oxygens (including phenoxy) is 1. The molecule has 0 saturated carbocycles. The van der Waals surface area contributed by atoms with Crippen LogP contribution in [0.5, 0.6) is 0 Å². The number of nitrogens with one attached hydrogen (secondary N) is 1. The third kappa shape index (κ3) is 2.55. The van der Waals surface area contributed by atoms with E-state index in [9.17, 15) is 14.4 Å². The Balaban J connectivity index is 2.54. The van der Waals surface area contributed by atoms with E-state index in [4.69, 9.17) is 0 Å². The lowest BCUT2D eigenvalue weighted by atomic mass is 10.3. The van der Waals surface area contributed by atoms with Crippen molar-refractivity contribution in [1.29, 1.82) is 0 Å². The number of nitrogens with zero attached hydrogens (tertiary/aromatic N) is 1. The number of rotatable bonds is 4. The molecule has 1 aliphatic heterocycles. The summed E-state index contributed by atoms with van der Waals surface area (Å²) in [5.41, 5.74) is 0.0854. The summed E-state index contributed by atoms with van der Waals surface area (Å²) in [6.45, 7) is 5.20. The maximum Gasteiger partial charge on any atom is 0.335 e. The number of carbonyl (C=O) groups excluding carboxylic acids is 3. The van der Waals surface area contributed by atoms with Gasteiger partial charge < -0.3 is 10.1 Å². The molecule has 1 saturated heterocycles. The van der Waals surface area contributed by atoms with E-state index in [1.54, 1.807) is 6.92 Å². The average Bonchev–Trinajstić information content (AvgIpc) is 2.49. The molecule has 6 nitrogen and oxygen atoms in total. The summed E-state index contributed by atoms with van der Waals surface area (Å²) in [5.74, 6) is -0.963. The van der Waals surface area contributed by atoms with E-state index in [1.807, 2.05) is 0 Å². The molecule has 0 aromatic carbocycles. The fraction of sp³-hybridized carbons (Fsp3) is 0.444. The lowest BCUT2D eigenvalue weighted by molar-refractivity contribution is -0.138. The molecule has 3 amide bonds. The van der Waals surface area contributed by atoms with Crippen LogP contribution in [-0.4, -0.2) is 42.5 Å². The number of imide groups is 1. The van der Waals surface area contributed by atoms with Crippen LogP contribution in [0.2, 0.25) is 0 Å². The number of amides is 3. The second-order valence-corrected chi connectivity index (χ2v) is 2.96. The molecule has 0 aromatic rings. The summed E-state index contributed by atoms with van der Waals surface area (Å²) < 4.78 is 4.68. The van der Waals surface area contributed by atoms with Gasteiger partial charge in [-0.3, -0.25) is 9.69 Å². The quantitative estimate of drug-likeness (QED) is 0.393. The minimum absolute atomic E-state index is 0.0328. The molecule has 1 heterocycles. The maximum absolute atomic E-state index is 11.2. The van der Waals surface area contributed by atoms with E-state index in [0.717, 1.165) is 4.90 Å². The van der Waals surface area contributed by atoms with Gasteiger partial charge in [-0.15, -0.1) is 0 Å². The van der Waals surface area contributed by atoms with Crippen molar-refractivity contribution < 1.29 is 19.1 Å². The predicted molar refractivity (Wildman–Crippen MR) is 50.9 cm³/mol. The smallest absolute Gasteiger partial charge is 0.335 e. The molecule has 1 N–H and O–H groups in total. The van der Waals surface area contributed by atoms with Gasteiger partial charge >= 0.3 is 12.0 Å². The maximum atomic E-state index is 11.2. The molecular weight excluding hydrogens is 200 g/mol. The number of urea groups is 1. The molecule has 6 heteroatoms. The molecule has 1 aliphatic rings. The molecule has 0 atom stereocenters. The van der Waals surface area contributed by atoms with Crippen molar-refractivity contribution in [3.05, 3.63) is 12.2 Å². The Morgan fingerprint density at radius 1 is 1.60 bits per heavy atom. The highest BCUT2D eigenvalue weighted by Gasteiger charge is 2.29. The monoisotopic (exact) mass is 212 g/mol. The van der Waals surface area contributed by atoms with E-state index in [2.05, 4.69) is 16.6 Å². The van der Waals surface area contributed by atoms with Crippen LogP contribution in [0.25, 0.3) is 0 Å². The Kier molecular flexibility index (Phi) is 3.43. The number of esters is 1. The lowest BCUT2D eigenvalue weighted by Crippen LogP contribution is -2.34. The van der Waals surface area contributed by atoms with Crippen LogP contribution >= 0.6 is 0 Å². The molecule has 82 valence electrons. The summed E-state index contributed by atoms with van der Waals surface area (Å²) >= 11 is 0. The highest BCUT2D eigenvalue weighted by atomic mass is 16.5. The van der Waals surface area contributed by atoms with Gasteiger partial charge in [0.05, 0.1) is 19.7 Å². The molecule has 0 bridgehead atoms. The zero-order valence-corrected chi connectivity index (χ0v) is 8.41. The molecule has 0 aliphatic carbocycles. The largest absolute Gasteiger partial charge is 0.463 e. The standard InChI is InChI=1S/C9H12N2O4/c1-3-15-8(13)6(2)5-11-7(12)4-10-9(11)14/h2-5H2,1H3,(H,10,14). The van der Waals surface area contributed by atoms with E-state index in [-0.39, 0.29) is 31.2 Å². The fourth-order valence-electron chi connectivity index (χ4n) is 1.10. The zero-order valence-electron chi connectivity index (χ0n) is 8.41. The van der Waals surface area contributed by atoms with Crippen molar-refractivity contribution in [2.24, 2.45) is 0 Å². The first kappa shape index (κ1) is 11.2. The van der Waals surface area contributed by atoms with Crippen LogP contribution < -0.4 is 5.32 Å². The first-order valence-electron chi connectivity index (χ1n) is 4.49. The summed E-state index contributed by atoms with van der Waals surface area (Å²) in [7, 11) is 0. The Bertz CT molecular complexity index is 308. The van der Waals surface area contributed by atoms with Gasteiger partial charge in [0.15, 0.2) is 0 Å². The third-order valence-corrected chi connectivity index (χ3v) is 1.85. The number of hydrogen-bond donors (Lipinski definition) is 1. The highest BCUT2D eigenvalue weighted by Crippen LogP contribution is 2.04.